The van der Waals surface area contributed by atoms with Crippen LogP contribution in [0.4, 0.5) is 0 Å². The quantitative estimate of drug-likeness (QED) is 0.521. The van der Waals surface area contributed by atoms with Crippen molar-refractivity contribution in [3.05, 3.63) is 77.4 Å². The van der Waals surface area contributed by atoms with Gasteiger partial charge >= 0.3 is 29.6 Å². The predicted octanol–water partition coefficient (Wildman–Crippen LogP) is 1.41. The number of benzene rings is 1. The van der Waals surface area contributed by atoms with Gasteiger partial charge < -0.3 is 4.55 Å². The van der Waals surface area contributed by atoms with E-state index in [-0.39, 0.29) is 34.5 Å². The summed E-state index contributed by atoms with van der Waals surface area (Å²) in [7, 11) is -4.51. The number of hydrogen-bond donors (Lipinski definition) is 0. The molecule has 0 atom stereocenters. The molecule has 2 aliphatic carbocycles. The first kappa shape index (κ1) is 20.1. The van der Waals surface area contributed by atoms with Crippen LogP contribution in [-0.4, -0.2) is 13.0 Å². The molecular formula is C20H19NaO3S. The van der Waals surface area contributed by atoms with Crippen LogP contribution in [0.25, 0.3) is 11.1 Å². The zero-order chi connectivity index (χ0) is 17.3. The number of fused-ring (bicyclic) bond motifs is 1. The van der Waals surface area contributed by atoms with Crippen LogP contribution in [0, 0.1) is 0 Å². The fourth-order valence-electron chi connectivity index (χ4n) is 2.96. The maximum absolute atomic E-state index is 11.7. The molecule has 2 aliphatic rings. The van der Waals surface area contributed by atoms with Crippen molar-refractivity contribution < 1.29 is 42.5 Å². The topological polar surface area (TPSA) is 57.2 Å². The minimum absolute atomic E-state index is 0. The molecule has 0 aromatic heterocycles. The van der Waals surface area contributed by atoms with Gasteiger partial charge in [-0.3, -0.25) is 0 Å². The molecule has 0 fully saturated rings. The minimum Gasteiger partial charge on any atom is -0.744 e. The molecule has 5 heteroatoms. The molecule has 3 nitrogen and oxygen atoms in total. The Kier molecular flexibility index (Phi) is 6.46. The van der Waals surface area contributed by atoms with E-state index in [4.69, 9.17) is 0 Å². The van der Waals surface area contributed by atoms with Gasteiger partial charge in [0.1, 0.15) is 10.1 Å². The second-order valence-corrected chi connectivity index (χ2v) is 7.65. The first-order valence-corrected chi connectivity index (χ1v) is 9.32. The average Bonchev–Trinajstić information content (AvgIpc) is 2.73. The molecule has 0 amide bonds. The second-order valence-electron chi connectivity index (χ2n) is 6.30. The smallest absolute Gasteiger partial charge is 0.744 e. The predicted molar refractivity (Wildman–Crippen MR) is 94.4 cm³/mol. The molecule has 0 N–H and O–H groups in total. The first-order chi connectivity index (χ1) is 11.4. The summed E-state index contributed by atoms with van der Waals surface area (Å²) in [5.41, 5.74) is 4.36. The summed E-state index contributed by atoms with van der Waals surface area (Å²) in [6.45, 7) is 4.16. The van der Waals surface area contributed by atoms with E-state index in [1.807, 2.05) is 48.5 Å². The number of rotatable bonds is 4. The average molecular weight is 362 g/mol. The maximum atomic E-state index is 11.7. The van der Waals surface area contributed by atoms with Crippen LogP contribution in [0.3, 0.4) is 0 Å². The van der Waals surface area contributed by atoms with Crippen LogP contribution in [0.5, 0.6) is 0 Å². The van der Waals surface area contributed by atoms with Gasteiger partial charge in [-0.15, -0.1) is 0 Å². The Morgan fingerprint density at radius 1 is 0.920 bits per heavy atom. The molecule has 0 radical (unpaired) electrons. The second kappa shape index (κ2) is 8.02. The van der Waals surface area contributed by atoms with E-state index in [1.54, 1.807) is 6.07 Å². The Morgan fingerprint density at radius 3 is 2.08 bits per heavy atom. The molecule has 25 heavy (non-hydrogen) atoms. The monoisotopic (exact) mass is 362 g/mol. The molecule has 0 spiro atoms. The van der Waals surface area contributed by atoms with Gasteiger partial charge in [-0.2, -0.15) is 0 Å². The van der Waals surface area contributed by atoms with Gasteiger partial charge in [0.2, 0.25) is 0 Å². The van der Waals surface area contributed by atoms with Gasteiger partial charge in [0.15, 0.2) is 0 Å². The van der Waals surface area contributed by atoms with E-state index >= 15 is 0 Å². The maximum Gasteiger partial charge on any atom is 1.00 e. The molecule has 124 valence electrons. The Morgan fingerprint density at radius 2 is 1.52 bits per heavy atom. The van der Waals surface area contributed by atoms with Crippen molar-refractivity contribution in [2.24, 2.45) is 0 Å². The van der Waals surface area contributed by atoms with Gasteiger partial charge in [-0.1, -0.05) is 68.4 Å². The fourth-order valence-corrected chi connectivity index (χ4v) is 3.69. The molecule has 0 unspecified atom stereocenters. The largest absolute Gasteiger partial charge is 1.00 e. The Labute approximate surface area is 171 Å². The molecule has 3 rings (SSSR count). The summed E-state index contributed by atoms with van der Waals surface area (Å²) in [5.74, 6) is 0.325. The van der Waals surface area contributed by atoms with E-state index in [0.717, 1.165) is 22.3 Å². The Bertz CT molecular complexity index is 934. The van der Waals surface area contributed by atoms with Gasteiger partial charge in [0, 0.05) is 0 Å². The third-order valence-electron chi connectivity index (χ3n) is 4.27. The van der Waals surface area contributed by atoms with Crippen molar-refractivity contribution in [2.75, 3.05) is 0 Å². The summed E-state index contributed by atoms with van der Waals surface area (Å²) in [4.78, 5) is -0.130. The van der Waals surface area contributed by atoms with Gasteiger partial charge in [0.05, 0.1) is 4.90 Å². The van der Waals surface area contributed by atoms with Crippen molar-refractivity contribution in [1.29, 1.82) is 0 Å². The normalized spacial score (nSPS) is 11.5. The van der Waals surface area contributed by atoms with Crippen LogP contribution in [-0.2, 0) is 16.5 Å². The summed E-state index contributed by atoms with van der Waals surface area (Å²) >= 11 is 0. The van der Waals surface area contributed by atoms with Crippen LogP contribution >= 0.6 is 0 Å². The molecule has 0 saturated carbocycles. The molecule has 0 aliphatic heterocycles. The van der Waals surface area contributed by atoms with E-state index < -0.39 is 10.1 Å². The van der Waals surface area contributed by atoms with E-state index in [9.17, 15) is 13.0 Å². The SMILES string of the molecule is CC(C)c1ccc2c(Cc3ccccc3)cc(S(=O)(=O)[O-])c-2cc1.[Na+]. The summed E-state index contributed by atoms with van der Waals surface area (Å²) in [6, 6.07) is 18.9. The molecule has 1 aromatic rings. The minimum atomic E-state index is -4.51. The van der Waals surface area contributed by atoms with Crippen LogP contribution in [0.1, 0.15) is 36.5 Å². The summed E-state index contributed by atoms with van der Waals surface area (Å²) in [6.07, 6.45) is 0.591. The summed E-state index contributed by atoms with van der Waals surface area (Å²) in [5, 5.41) is 0. The molecule has 0 heterocycles. The van der Waals surface area contributed by atoms with Crippen LogP contribution in [0.2, 0.25) is 0 Å². The standard InChI is InChI=1S/C20H20O3S.Na/c1-14(2)16-8-10-18-17(12-15-6-4-3-5-7-15)13-20(24(21,22)23)19(18)11-9-16;/h3-11,13-14H,12H2,1-2H3,(H,21,22,23);/q;+1/p-1. The Hall–Kier alpha value is -1.17. The zero-order valence-corrected chi connectivity index (χ0v) is 17.5. The number of hydrogen-bond acceptors (Lipinski definition) is 3. The Balaban J connectivity index is 0.00000225. The first-order valence-electron chi connectivity index (χ1n) is 7.91. The zero-order valence-electron chi connectivity index (χ0n) is 14.7. The third kappa shape index (κ3) is 4.52. The van der Waals surface area contributed by atoms with Crippen molar-refractivity contribution in [3.63, 3.8) is 0 Å². The van der Waals surface area contributed by atoms with Gasteiger partial charge in [0.25, 0.3) is 0 Å². The van der Waals surface area contributed by atoms with Crippen molar-refractivity contribution in [1.82, 2.24) is 0 Å². The van der Waals surface area contributed by atoms with Crippen molar-refractivity contribution >= 4 is 10.1 Å². The van der Waals surface area contributed by atoms with E-state index in [0.29, 0.717) is 17.9 Å². The van der Waals surface area contributed by atoms with E-state index in [1.165, 1.54) is 6.07 Å². The van der Waals surface area contributed by atoms with E-state index in [2.05, 4.69) is 13.8 Å². The molecule has 1 aromatic carbocycles. The molecule has 0 saturated heterocycles. The van der Waals surface area contributed by atoms with Crippen LogP contribution in [0.15, 0.2) is 65.6 Å². The summed E-state index contributed by atoms with van der Waals surface area (Å²) < 4.78 is 35.0. The van der Waals surface area contributed by atoms with Crippen LogP contribution < -0.4 is 29.6 Å². The fraction of sp³-hybridized carbons (Fsp3) is 0.200. The van der Waals surface area contributed by atoms with Gasteiger partial charge in [-0.25, -0.2) is 8.42 Å². The van der Waals surface area contributed by atoms with Crippen molar-refractivity contribution in [2.45, 2.75) is 31.1 Å². The molecule has 0 bridgehead atoms. The van der Waals surface area contributed by atoms with Gasteiger partial charge in [-0.05, 0) is 46.2 Å². The molecular weight excluding hydrogens is 343 g/mol. The third-order valence-corrected chi connectivity index (χ3v) is 5.14. The van der Waals surface area contributed by atoms with Crippen molar-refractivity contribution in [3.8, 4) is 11.1 Å².